The quantitative estimate of drug-likeness (QED) is 0.398. The molecule has 0 saturated carbocycles. The molecule has 2 N–H and O–H groups in total. The molecule has 2 aromatic carbocycles. The first-order valence-corrected chi connectivity index (χ1v) is 11.8. The lowest BCUT2D eigenvalue weighted by atomic mass is 9.98. The van der Waals surface area contributed by atoms with Gasteiger partial charge in [-0.25, -0.2) is 4.68 Å². The van der Waals surface area contributed by atoms with Crippen LogP contribution < -0.4 is 15.4 Å². The molecule has 1 aliphatic heterocycles. The molecule has 0 fully saturated rings. The lowest BCUT2D eigenvalue weighted by Gasteiger charge is -2.28. The summed E-state index contributed by atoms with van der Waals surface area (Å²) in [5.74, 6) is 1.62. The van der Waals surface area contributed by atoms with E-state index in [1.54, 1.807) is 18.4 Å². The molecule has 0 saturated heterocycles. The summed E-state index contributed by atoms with van der Waals surface area (Å²) >= 11 is 1.61. The van der Waals surface area contributed by atoms with Crippen LogP contribution in [0.3, 0.4) is 0 Å². The van der Waals surface area contributed by atoms with Crippen LogP contribution in [0.1, 0.15) is 29.0 Å². The molecule has 1 atom stereocenters. The number of fused-ring (bicyclic) bond motifs is 1. The number of para-hydroxylation sites is 2. The van der Waals surface area contributed by atoms with E-state index in [2.05, 4.69) is 23.6 Å². The van der Waals surface area contributed by atoms with Gasteiger partial charge in [-0.05, 0) is 55.5 Å². The van der Waals surface area contributed by atoms with Crippen LogP contribution in [0.15, 0.2) is 71.2 Å². The number of anilines is 2. The van der Waals surface area contributed by atoms with Gasteiger partial charge in [0.1, 0.15) is 11.8 Å². The number of methoxy groups -OCH3 is 1. The van der Waals surface area contributed by atoms with Gasteiger partial charge in [0.2, 0.25) is 5.95 Å². The molecule has 2 aromatic heterocycles. The summed E-state index contributed by atoms with van der Waals surface area (Å²) in [6, 6.07) is 17.1. The zero-order valence-electron chi connectivity index (χ0n) is 19.4. The number of benzene rings is 2. The Labute approximate surface area is 202 Å². The van der Waals surface area contributed by atoms with E-state index in [1.807, 2.05) is 72.4 Å². The Balaban J connectivity index is 1.61. The van der Waals surface area contributed by atoms with Crippen molar-refractivity contribution in [3.8, 4) is 17.1 Å². The average molecular weight is 472 g/mol. The predicted octanol–water partition coefficient (Wildman–Crippen LogP) is 5.56. The van der Waals surface area contributed by atoms with Crippen LogP contribution in [0.4, 0.5) is 11.6 Å². The first kappa shape index (κ1) is 21.9. The van der Waals surface area contributed by atoms with Gasteiger partial charge in [-0.1, -0.05) is 36.4 Å². The summed E-state index contributed by atoms with van der Waals surface area (Å²) in [6.45, 7) is 6.00. The number of hydrogen-bond donors (Lipinski definition) is 2. The van der Waals surface area contributed by atoms with E-state index in [0.717, 1.165) is 27.3 Å². The third-order valence-electron chi connectivity index (χ3n) is 5.99. The molecule has 3 heterocycles. The Kier molecular flexibility index (Phi) is 5.67. The van der Waals surface area contributed by atoms with Crippen LogP contribution in [0.2, 0.25) is 0 Å². The highest BCUT2D eigenvalue weighted by Crippen LogP contribution is 2.40. The number of amides is 1. The minimum Gasteiger partial charge on any atom is -0.495 e. The van der Waals surface area contributed by atoms with Crippen LogP contribution in [-0.2, 0) is 4.79 Å². The molecule has 5 rings (SSSR count). The Bertz CT molecular complexity index is 1420. The van der Waals surface area contributed by atoms with Crippen LogP contribution in [0.5, 0.6) is 5.75 Å². The molecular formula is C26H25N5O2S. The minimum atomic E-state index is -0.406. The lowest BCUT2D eigenvalue weighted by molar-refractivity contribution is -0.113. The number of allylic oxidation sites excluding steroid dienone is 1. The molecule has 0 radical (unpaired) electrons. The topological polar surface area (TPSA) is 81.1 Å². The van der Waals surface area contributed by atoms with Crippen LogP contribution in [-0.4, -0.2) is 27.8 Å². The molecule has 0 bridgehead atoms. The van der Waals surface area contributed by atoms with E-state index >= 15 is 0 Å². The SMILES string of the molecule is COc1ccccc1NC(=O)C1=C(C)Nc2nc(-c3ccccc3C)nn2C1c1sccc1C. The monoisotopic (exact) mass is 471 g/mol. The molecule has 34 heavy (non-hydrogen) atoms. The van der Waals surface area contributed by atoms with Crippen molar-refractivity contribution in [1.82, 2.24) is 14.8 Å². The number of hydrogen-bond acceptors (Lipinski definition) is 6. The normalized spacial score (nSPS) is 15.0. The Morgan fingerprint density at radius 1 is 1.06 bits per heavy atom. The van der Waals surface area contributed by atoms with Crippen molar-refractivity contribution in [2.75, 3.05) is 17.7 Å². The smallest absolute Gasteiger partial charge is 0.256 e. The molecule has 172 valence electrons. The Morgan fingerprint density at radius 3 is 2.56 bits per heavy atom. The summed E-state index contributed by atoms with van der Waals surface area (Å²) in [5, 5.41) is 13.3. The van der Waals surface area contributed by atoms with Crippen molar-refractivity contribution in [3.63, 3.8) is 0 Å². The number of nitrogens with one attached hydrogen (secondary N) is 2. The second kappa shape index (κ2) is 8.79. The third kappa shape index (κ3) is 3.76. The summed E-state index contributed by atoms with van der Waals surface area (Å²) < 4.78 is 7.25. The van der Waals surface area contributed by atoms with Crippen LogP contribution in [0.25, 0.3) is 11.4 Å². The summed E-state index contributed by atoms with van der Waals surface area (Å²) in [5.41, 5.74) is 5.10. The van der Waals surface area contributed by atoms with Gasteiger partial charge in [-0.3, -0.25) is 4.79 Å². The number of thiophene rings is 1. The van der Waals surface area contributed by atoms with Gasteiger partial charge in [-0.15, -0.1) is 16.4 Å². The molecule has 4 aromatic rings. The standard InChI is InChI=1S/C26H25N5O2S/c1-15-9-5-6-10-18(15)24-29-26-27-17(3)21(22(31(26)30-24)23-16(2)13-14-34-23)25(32)28-19-11-7-8-12-20(19)33-4/h5-14,22H,1-4H3,(H,28,32)(H,27,29,30). The zero-order chi connectivity index (χ0) is 23.8. The first-order chi connectivity index (χ1) is 16.5. The summed E-state index contributed by atoms with van der Waals surface area (Å²) in [7, 11) is 1.59. The number of carbonyl (C=O) groups is 1. The van der Waals surface area contributed by atoms with Crippen molar-refractivity contribution in [2.45, 2.75) is 26.8 Å². The largest absolute Gasteiger partial charge is 0.495 e. The first-order valence-electron chi connectivity index (χ1n) is 11.0. The number of nitrogens with zero attached hydrogens (tertiary/aromatic N) is 3. The molecule has 0 spiro atoms. The van der Waals surface area contributed by atoms with Crippen molar-refractivity contribution in [2.24, 2.45) is 0 Å². The fourth-order valence-corrected chi connectivity index (χ4v) is 5.25. The van der Waals surface area contributed by atoms with Gasteiger partial charge in [0, 0.05) is 16.1 Å². The van der Waals surface area contributed by atoms with Gasteiger partial charge in [0.05, 0.1) is 18.4 Å². The number of carbonyl (C=O) groups excluding carboxylic acids is 1. The number of aromatic nitrogens is 3. The lowest BCUT2D eigenvalue weighted by Crippen LogP contribution is -2.31. The third-order valence-corrected chi connectivity index (χ3v) is 7.06. The van der Waals surface area contributed by atoms with E-state index in [-0.39, 0.29) is 5.91 Å². The molecule has 7 nitrogen and oxygen atoms in total. The van der Waals surface area contributed by atoms with Crippen molar-refractivity contribution >= 4 is 28.9 Å². The molecule has 8 heteroatoms. The van der Waals surface area contributed by atoms with E-state index in [0.29, 0.717) is 28.8 Å². The van der Waals surface area contributed by atoms with Gasteiger partial charge < -0.3 is 15.4 Å². The van der Waals surface area contributed by atoms with Crippen molar-refractivity contribution < 1.29 is 9.53 Å². The van der Waals surface area contributed by atoms with E-state index in [9.17, 15) is 4.79 Å². The van der Waals surface area contributed by atoms with Gasteiger partial charge in [-0.2, -0.15) is 4.98 Å². The second-order valence-electron chi connectivity index (χ2n) is 8.21. The fraction of sp³-hybridized carbons (Fsp3) is 0.192. The van der Waals surface area contributed by atoms with E-state index in [1.165, 1.54) is 0 Å². The minimum absolute atomic E-state index is 0.217. The average Bonchev–Trinajstić information content (AvgIpc) is 3.44. The van der Waals surface area contributed by atoms with E-state index in [4.69, 9.17) is 14.8 Å². The number of ether oxygens (including phenoxy) is 1. The Hall–Kier alpha value is -3.91. The maximum atomic E-state index is 13.7. The summed E-state index contributed by atoms with van der Waals surface area (Å²) in [4.78, 5) is 19.5. The molecule has 1 unspecified atom stereocenters. The van der Waals surface area contributed by atoms with Gasteiger partial charge >= 0.3 is 0 Å². The van der Waals surface area contributed by atoms with Crippen LogP contribution in [0, 0.1) is 13.8 Å². The molecule has 1 amide bonds. The van der Waals surface area contributed by atoms with E-state index < -0.39 is 6.04 Å². The van der Waals surface area contributed by atoms with Crippen molar-refractivity contribution in [1.29, 1.82) is 0 Å². The highest BCUT2D eigenvalue weighted by Gasteiger charge is 2.36. The van der Waals surface area contributed by atoms with Gasteiger partial charge in [0.25, 0.3) is 5.91 Å². The number of aryl methyl sites for hydroxylation is 2. The number of rotatable bonds is 5. The molecular weight excluding hydrogens is 446 g/mol. The second-order valence-corrected chi connectivity index (χ2v) is 9.15. The maximum absolute atomic E-state index is 13.7. The van der Waals surface area contributed by atoms with Gasteiger partial charge in [0.15, 0.2) is 5.82 Å². The predicted molar refractivity (Wildman–Crippen MR) is 135 cm³/mol. The molecule has 0 aliphatic carbocycles. The highest BCUT2D eigenvalue weighted by atomic mass is 32.1. The van der Waals surface area contributed by atoms with Crippen LogP contribution >= 0.6 is 11.3 Å². The molecule has 1 aliphatic rings. The maximum Gasteiger partial charge on any atom is 0.256 e. The summed E-state index contributed by atoms with van der Waals surface area (Å²) in [6.07, 6.45) is 0. The fourth-order valence-electron chi connectivity index (χ4n) is 4.23. The van der Waals surface area contributed by atoms with Crippen molar-refractivity contribution in [3.05, 3.63) is 87.3 Å². The zero-order valence-corrected chi connectivity index (χ0v) is 20.2. The highest BCUT2D eigenvalue weighted by molar-refractivity contribution is 7.10. The Morgan fingerprint density at radius 2 is 1.82 bits per heavy atom.